The van der Waals surface area contributed by atoms with Gasteiger partial charge in [-0.3, -0.25) is 5.10 Å². The molecule has 15 heavy (non-hydrogen) atoms. The van der Waals surface area contributed by atoms with E-state index in [1.165, 1.54) is 15.3 Å². The number of hydrogen-bond acceptors (Lipinski definition) is 3. The largest absolute Gasteiger partial charge is 0.309 e. The van der Waals surface area contributed by atoms with E-state index in [-0.39, 0.29) is 6.04 Å². The molecule has 0 amide bonds. The van der Waals surface area contributed by atoms with Crippen molar-refractivity contribution >= 4 is 11.3 Å². The van der Waals surface area contributed by atoms with Gasteiger partial charge in [-0.2, -0.15) is 5.10 Å². The Hall–Kier alpha value is -1.13. The Kier molecular flexibility index (Phi) is 3.18. The normalized spacial score (nSPS) is 12.9. The molecule has 2 aromatic rings. The fourth-order valence-electron chi connectivity index (χ4n) is 1.63. The first-order valence-electron chi connectivity index (χ1n) is 5.09. The third-order valence-electron chi connectivity index (χ3n) is 2.46. The van der Waals surface area contributed by atoms with Crippen LogP contribution in [0.1, 0.15) is 28.3 Å². The molecule has 0 radical (unpaired) electrons. The summed E-state index contributed by atoms with van der Waals surface area (Å²) >= 11 is 1.86. The van der Waals surface area contributed by atoms with E-state index in [0.29, 0.717) is 0 Å². The highest BCUT2D eigenvalue weighted by molar-refractivity contribution is 7.12. The standard InChI is InChI=1S/C11H15N3S/c1-3-9-4-5-10(15-9)11(12-2)8-6-13-14-7-8/h4-7,11-12H,3H2,1-2H3,(H,13,14). The highest BCUT2D eigenvalue weighted by atomic mass is 32.1. The fourth-order valence-corrected chi connectivity index (χ4v) is 2.72. The van der Waals surface area contributed by atoms with Crippen molar-refractivity contribution in [2.24, 2.45) is 0 Å². The Morgan fingerprint density at radius 3 is 2.93 bits per heavy atom. The molecule has 3 nitrogen and oxygen atoms in total. The first-order chi connectivity index (χ1) is 7.35. The van der Waals surface area contributed by atoms with Crippen LogP contribution in [0, 0.1) is 0 Å². The maximum atomic E-state index is 3.98. The van der Waals surface area contributed by atoms with Crippen LogP contribution in [0.5, 0.6) is 0 Å². The summed E-state index contributed by atoms with van der Waals surface area (Å²) in [7, 11) is 1.98. The van der Waals surface area contributed by atoms with Crippen LogP contribution < -0.4 is 5.32 Å². The Labute approximate surface area is 93.5 Å². The van der Waals surface area contributed by atoms with Gasteiger partial charge in [-0.05, 0) is 25.6 Å². The minimum Gasteiger partial charge on any atom is -0.309 e. The van der Waals surface area contributed by atoms with Crippen molar-refractivity contribution in [3.8, 4) is 0 Å². The smallest absolute Gasteiger partial charge is 0.0699 e. The second-order valence-corrected chi connectivity index (χ2v) is 4.61. The molecule has 2 aromatic heterocycles. The summed E-state index contributed by atoms with van der Waals surface area (Å²) < 4.78 is 0. The van der Waals surface area contributed by atoms with E-state index in [0.717, 1.165) is 6.42 Å². The number of H-pyrrole nitrogens is 1. The lowest BCUT2D eigenvalue weighted by Gasteiger charge is -2.11. The minimum atomic E-state index is 0.258. The van der Waals surface area contributed by atoms with Crippen LogP contribution >= 0.6 is 11.3 Å². The Morgan fingerprint density at radius 1 is 1.53 bits per heavy atom. The minimum absolute atomic E-state index is 0.258. The molecular weight excluding hydrogens is 206 g/mol. The van der Waals surface area contributed by atoms with Crippen LogP contribution in [0.25, 0.3) is 0 Å². The molecule has 0 saturated heterocycles. The van der Waals surface area contributed by atoms with Gasteiger partial charge < -0.3 is 5.32 Å². The monoisotopic (exact) mass is 221 g/mol. The summed E-state index contributed by atoms with van der Waals surface area (Å²) in [4.78, 5) is 2.77. The van der Waals surface area contributed by atoms with Gasteiger partial charge in [0.05, 0.1) is 12.2 Å². The summed E-state index contributed by atoms with van der Waals surface area (Å²) in [6.45, 7) is 2.18. The van der Waals surface area contributed by atoms with Crippen molar-refractivity contribution in [1.29, 1.82) is 0 Å². The molecular formula is C11H15N3S. The van der Waals surface area contributed by atoms with Crippen molar-refractivity contribution < 1.29 is 0 Å². The Balaban J connectivity index is 2.27. The Morgan fingerprint density at radius 2 is 2.40 bits per heavy atom. The number of aryl methyl sites for hydroxylation is 1. The van der Waals surface area contributed by atoms with E-state index in [2.05, 4.69) is 34.6 Å². The maximum absolute atomic E-state index is 3.98. The predicted molar refractivity (Wildman–Crippen MR) is 63.2 cm³/mol. The van der Waals surface area contributed by atoms with Gasteiger partial charge in [-0.25, -0.2) is 0 Å². The van der Waals surface area contributed by atoms with E-state index < -0.39 is 0 Å². The molecule has 0 aliphatic carbocycles. The second-order valence-electron chi connectivity index (χ2n) is 3.41. The van der Waals surface area contributed by atoms with Crippen molar-refractivity contribution in [3.63, 3.8) is 0 Å². The van der Waals surface area contributed by atoms with E-state index in [9.17, 15) is 0 Å². The van der Waals surface area contributed by atoms with E-state index in [4.69, 9.17) is 0 Å². The average molecular weight is 221 g/mol. The molecule has 0 spiro atoms. The summed E-state index contributed by atoms with van der Waals surface area (Å²) in [5, 5.41) is 10.1. The molecule has 0 saturated carbocycles. The molecule has 1 unspecified atom stereocenters. The van der Waals surface area contributed by atoms with Crippen molar-refractivity contribution in [2.45, 2.75) is 19.4 Å². The highest BCUT2D eigenvalue weighted by Crippen LogP contribution is 2.27. The van der Waals surface area contributed by atoms with Crippen LogP contribution in [-0.4, -0.2) is 17.2 Å². The number of nitrogens with one attached hydrogen (secondary N) is 2. The van der Waals surface area contributed by atoms with Crippen molar-refractivity contribution in [1.82, 2.24) is 15.5 Å². The number of thiophene rings is 1. The zero-order chi connectivity index (χ0) is 10.7. The quantitative estimate of drug-likeness (QED) is 0.832. The van der Waals surface area contributed by atoms with Crippen LogP contribution in [-0.2, 0) is 6.42 Å². The molecule has 2 heterocycles. The van der Waals surface area contributed by atoms with Gasteiger partial charge in [0.25, 0.3) is 0 Å². The van der Waals surface area contributed by atoms with Gasteiger partial charge in [0.15, 0.2) is 0 Å². The van der Waals surface area contributed by atoms with Gasteiger partial charge in [0.1, 0.15) is 0 Å². The molecule has 0 aliphatic heterocycles. The average Bonchev–Trinajstić information content (AvgIpc) is 2.89. The van der Waals surface area contributed by atoms with E-state index in [1.807, 2.05) is 30.8 Å². The summed E-state index contributed by atoms with van der Waals surface area (Å²) in [6.07, 6.45) is 4.91. The second kappa shape index (κ2) is 4.59. The third kappa shape index (κ3) is 2.11. The number of aromatic nitrogens is 2. The molecule has 1 atom stereocenters. The molecule has 2 rings (SSSR count). The zero-order valence-corrected chi connectivity index (χ0v) is 9.77. The maximum Gasteiger partial charge on any atom is 0.0699 e. The van der Waals surface area contributed by atoms with Gasteiger partial charge in [-0.1, -0.05) is 6.92 Å². The van der Waals surface area contributed by atoms with Crippen LogP contribution in [0.4, 0.5) is 0 Å². The van der Waals surface area contributed by atoms with Gasteiger partial charge in [0.2, 0.25) is 0 Å². The topological polar surface area (TPSA) is 40.7 Å². The zero-order valence-electron chi connectivity index (χ0n) is 8.95. The van der Waals surface area contributed by atoms with E-state index in [1.54, 1.807) is 0 Å². The number of rotatable bonds is 4. The lowest BCUT2D eigenvalue weighted by atomic mass is 10.1. The van der Waals surface area contributed by atoms with Crippen LogP contribution in [0.2, 0.25) is 0 Å². The lowest BCUT2D eigenvalue weighted by Crippen LogP contribution is -2.15. The lowest BCUT2D eigenvalue weighted by molar-refractivity contribution is 0.704. The molecule has 2 N–H and O–H groups in total. The number of nitrogens with zero attached hydrogens (tertiary/aromatic N) is 1. The molecule has 0 bridgehead atoms. The summed E-state index contributed by atoms with van der Waals surface area (Å²) in [5.41, 5.74) is 1.18. The SMILES string of the molecule is CCc1ccc(C(NC)c2cn[nH]c2)s1. The van der Waals surface area contributed by atoms with Crippen molar-refractivity contribution in [3.05, 3.63) is 39.8 Å². The van der Waals surface area contributed by atoms with Gasteiger partial charge in [-0.15, -0.1) is 11.3 Å². The molecule has 4 heteroatoms. The van der Waals surface area contributed by atoms with Crippen LogP contribution in [0.15, 0.2) is 24.5 Å². The van der Waals surface area contributed by atoms with Crippen LogP contribution in [0.3, 0.4) is 0 Å². The molecule has 0 aromatic carbocycles. The molecule has 0 aliphatic rings. The molecule has 80 valence electrons. The van der Waals surface area contributed by atoms with Gasteiger partial charge >= 0.3 is 0 Å². The van der Waals surface area contributed by atoms with Crippen molar-refractivity contribution in [2.75, 3.05) is 7.05 Å². The number of hydrogen-bond donors (Lipinski definition) is 2. The fraction of sp³-hybridized carbons (Fsp3) is 0.364. The summed E-state index contributed by atoms with van der Waals surface area (Å²) in [6, 6.07) is 4.65. The molecule has 0 fully saturated rings. The summed E-state index contributed by atoms with van der Waals surface area (Å²) in [5.74, 6) is 0. The Bertz CT molecular complexity index is 405. The van der Waals surface area contributed by atoms with E-state index >= 15 is 0 Å². The number of aromatic amines is 1. The van der Waals surface area contributed by atoms with Gasteiger partial charge in [0, 0.05) is 21.5 Å². The highest BCUT2D eigenvalue weighted by Gasteiger charge is 2.14. The first-order valence-corrected chi connectivity index (χ1v) is 5.91. The predicted octanol–water partition coefficient (Wildman–Crippen LogP) is 2.34. The third-order valence-corrected chi connectivity index (χ3v) is 3.75. The first kappa shape index (κ1) is 10.4.